The fourth-order valence-corrected chi connectivity index (χ4v) is 2.23. The summed E-state index contributed by atoms with van der Waals surface area (Å²) in [6.07, 6.45) is 5.67. The maximum atomic E-state index is 12.1. The van der Waals surface area contributed by atoms with Gasteiger partial charge in [-0.2, -0.15) is 0 Å². The Morgan fingerprint density at radius 3 is 2.19 bits per heavy atom. The van der Waals surface area contributed by atoms with Crippen LogP contribution in [0.3, 0.4) is 0 Å². The number of rotatable bonds is 11. The molecule has 0 aliphatic rings. The van der Waals surface area contributed by atoms with Crippen LogP contribution in [0, 0.1) is 18.3 Å². The third-order valence-corrected chi connectivity index (χ3v) is 3.48. The summed E-state index contributed by atoms with van der Waals surface area (Å²) < 4.78 is 5.84. The predicted molar refractivity (Wildman–Crippen MR) is 101 cm³/mol. The van der Waals surface area contributed by atoms with Gasteiger partial charge in [-0.25, -0.2) is 0 Å². The summed E-state index contributed by atoms with van der Waals surface area (Å²) in [5, 5.41) is 5.45. The fraction of sp³-hybridized carbons (Fsp3) is 0.737. The van der Waals surface area contributed by atoms with Crippen LogP contribution in [-0.2, 0) is 19.1 Å². The number of nitrogens with one attached hydrogen (secondary N) is 2. The molecular weight excluding hydrogens is 334 g/mol. The van der Waals surface area contributed by atoms with Crippen molar-refractivity contribution in [2.24, 2.45) is 11.7 Å². The number of hydrogen-bond acceptors (Lipinski definition) is 4. The molecule has 7 nitrogen and oxygen atoms in total. The Hall–Kier alpha value is -2.07. The van der Waals surface area contributed by atoms with Crippen molar-refractivity contribution < 1.29 is 19.1 Å². The van der Waals surface area contributed by atoms with Crippen LogP contribution in [-0.4, -0.2) is 41.5 Å². The van der Waals surface area contributed by atoms with E-state index >= 15 is 0 Å². The SMILES string of the molecule is C#CCC(NC(=O)CC(C)(C)OCC(C)(C)NC(=O)CC(C)C)C(N)=O. The molecule has 0 aliphatic carbocycles. The van der Waals surface area contributed by atoms with E-state index in [-0.39, 0.29) is 37.2 Å². The lowest BCUT2D eigenvalue weighted by atomic mass is 10.0. The first-order valence-corrected chi connectivity index (χ1v) is 8.75. The summed E-state index contributed by atoms with van der Waals surface area (Å²) in [4.78, 5) is 35.3. The summed E-state index contributed by atoms with van der Waals surface area (Å²) >= 11 is 0. The average Bonchev–Trinajstić information content (AvgIpc) is 2.42. The molecule has 26 heavy (non-hydrogen) atoms. The summed E-state index contributed by atoms with van der Waals surface area (Å²) in [6, 6.07) is -0.893. The smallest absolute Gasteiger partial charge is 0.240 e. The number of hydrogen-bond donors (Lipinski definition) is 3. The Kier molecular flexibility index (Phi) is 9.36. The fourth-order valence-electron chi connectivity index (χ4n) is 2.23. The van der Waals surface area contributed by atoms with Crippen molar-refractivity contribution in [1.29, 1.82) is 0 Å². The first kappa shape index (κ1) is 23.9. The second kappa shape index (κ2) is 10.2. The predicted octanol–water partition coefficient (Wildman–Crippen LogP) is 1.11. The lowest BCUT2D eigenvalue weighted by Crippen LogP contribution is -2.50. The summed E-state index contributed by atoms with van der Waals surface area (Å²) in [7, 11) is 0. The number of carbonyl (C=O) groups excluding carboxylic acids is 3. The van der Waals surface area contributed by atoms with Crippen molar-refractivity contribution in [3.05, 3.63) is 0 Å². The molecule has 148 valence electrons. The molecule has 0 bridgehead atoms. The second-order valence-corrected chi connectivity index (χ2v) is 8.19. The van der Waals surface area contributed by atoms with E-state index in [2.05, 4.69) is 16.6 Å². The van der Waals surface area contributed by atoms with E-state index in [9.17, 15) is 14.4 Å². The minimum absolute atomic E-state index is 0.0252. The molecule has 0 fully saturated rings. The third kappa shape index (κ3) is 10.7. The van der Waals surface area contributed by atoms with Gasteiger partial charge in [-0.15, -0.1) is 12.3 Å². The van der Waals surface area contributed by atoms with E-state index in [0.29, 0.717) is 6.42 Å². The molecule has 0 heterocycles. The van der Waals surface area contributed by atoms with Gasteiger partial charge >= 0.3 is 0 Å². The van der Waals surface area contributed by atoms with Crippen molar-refractivity contribution >= 4 is 17.7 Å². The first-order chi connectivity index (χ1) is 11.8. The van der Waals surface area contributed by atoms with Crippen LogP contribution >= 0.6 is 0 Å². The molecular formula is C19H33N3O4. The number of nitrogens with two attached hydrogens (primary N) is 1. The largest absolute Gasteiger partial charge is 0.373 e. The molecule has 3 amide bonds. The van der Waals surface area contributed by atoms with Crippen LogP contribution in [0.5, 0.6) is 0 Å². The highest BCUT2D eigenvalue weighted by atomic mass is 16.5. The first-order valence-electron chi connectivity index (χ1n) is 8.75. The molecule has 1 atom stereocenters. The zero-order chi connectivity index (χ0) is 20.5. The minimum Gasteiger partial charge on any atom is -0.373 e. The van der Waals surface area contributed by atoms with E-state index in [4.69, 9.17) is 16.9 Å². The number of carbonyl (C=O) groups is 3. The average molecular weight is 367 g/mol. The Morgan fingerprint density at radius 2 is 1.73 bits per heavy atom. The van der Waals surface area contributed by atoms with E-state index in [1.165, 1.54) is 0 Å². The maximum absolute atomic E-state index is 12.1. The van der Waals surface area contributed by atoms with Gasteiger partial charge in [-0.3, -0.25) is 14.4 Å². The number of ether oxygens (including phenoxy) is 1. The topological polar surface area (TPSA) is 111 Å². The van der Waals surface area contributed by atoms with Crippen molar-refractivity contribution in [2.45, 2.75) is 78.0 Å². The van der Waals surface area contributed by atoms with Gasteiger partial charge < -0.3 is 21.1 Å². The Balaban J connectivity index is 4.59. The third-order valence-electron chi connectivity index (χ3n) is 3.48. The molecule has 0 radical (unpaired) electrons. The molecule has 0 aromatic rings. The standard InChI is InChI=1S/C19H33N3O4/c1-8-9-14(17(20)25)21-16(24)11-19(6,7)26-12-18(4,5)22-15(23)10-13(2)3/h1,13-14H,9-12H2,2-7H3,(H2,20,25)(H,21,24)(H,22,23). The number of primary amides is 1. The van der Waals surface area contributed by atoms with Crippen molar-refractivity contribution in [1.82, 2.24) is 10.6 Å². The van der Waals surface area contributed by atoms with Crippen LogP contribution < -0.4 is 16.4 Å². The maximum Gasteiger partial charge on any atom is 0.240 e. The normalized spacial score (nSPS) is 13.0. The van der Waals surface area contributed by atoms with Crippen molar-refractivity contribution in [3.63, 3.8) is 0 Å². The Bertz CT molecular complexity index is 547. The Morgan fingerprint density at radius 1 is 1.15 bits per heavy atom. The summed E-state index contributed by atoms with van der Waals surface area (Å²) in [5.41, 5.74) is 3.85. The van der Waals surface area contributed by atoms with Crippen LogP contribution in [0.25, 0.3) is 0 Å². The number of amides is 3. The lowest BCUT2D eigenvalue weighted by molar-refractivity contribution is -0.134. The van der Waals surface area contributed by atoms with Gasteiger partial charge in [0.15, 0.2) is 0 Å². The van der Waals surface area contributed by atoms with Crippen LogP contribution in [0.15, 0.2) is 0 Å². The molecule has 0 saturated heterocycles. The van der Waals surface area contributed by atoms with Gasteiger partial charge in [-0.05, 0) is 33.6 Å². The second-order valence-electron chi connectivity index (χ2n) is 8.19. The van der Waals surface area contributed by atoms with Gasteiger partial charge in [-0.1, -0.05) is 13.8 Å². The molecule has 0 saturated carbocycles. The van der Waals surface area contributed by atoms with E-state index in [0.717, 1.165) is 0 Å². The van der Waals surface area contributed by atoms with Crippen molar-refractivity contribution in [2.75, 3.05) is 6.61 Å². The van der Waals surface area contributed by atoms with E-state index in [1.54, 1.807) is 13.8 Å². The zero-order valence-corrected chi connectivity index (χ0v) is 16.8. The highest BCUT2D eigenvalue weighted by Crippen LogP contribution is 2.18. The summed E-state index contributed by atoms with van der Waals surface area (Å²) in [5.74, 6) is 1.48. The number of terminal acetylenes is 1. The van der Waals surface area contributed by atoms with Crippen LogP contribution in [0.1, 0.15) is 60.8 Å². The Labute approximate surface area is 156 Å². The van der Waals surface area contributed by atoms with E-state index < -0.39 is 23.1 Å². The van der Waals surface area contributed by atoms with Gasteiger partial charge in [0.2, 0.25) is 17.7 Å². The molecule has 0 aromatic carbocycles. The molecule has 7 heteroatoms. The lowest BCUT2D eigenvalue weighted by Gasteiger charge is -2.32. The molecule has 0 aliphatic heterocycles. The van der Waals surface area contributed by atoms with Gasteiger partial charge in [0.05, 0.1) is 24.2 Å². The van der Waals surface area contributed by atoms with Crippen LogP contribution in [0.2, 0.25) is 0 Å². The zero-order valence-electron chi connectivity index (χ0n) is 16.8. The van der Waals surface area contributed by atoms with E-state index in [1.807, 2.05) is 27.7 Å². The summed E-state index contributed by atoms with van der Waals surface area (Å²) in [6.45, 7) is 11.4. The molecule has 1 unspecified atom stereocenters. The molecule has 0 spiro atoms. The van der Waals surface area contributed by atoms with Gasteiger partial charge in [0, 0.05) is 12.8 Å². The molecule has 0 rings (SSSR count). The quantitative estimate of drug-likeness (QED) is 0.475. The highest BCUT2D eigenvalue weighted by molar-refractivity contribution is 5.87. The van der Waals surface area contributed by atoms with Gasteiger partial charge in [0.25, 0.3) is 0 Å². The minimum atomic E-state index is -0.893. The van der Waals surface area contributed by atoms with Crippen molar-refractivity contribution in [3.8, 4) is 12.3 Å². The highest BCUT2D eigenvalue weighted by Gasteiger charge is 2.29. The molecule has 0 aromatic heterocycles. The monoisotopic (exact) mass is 367 g/mol. The van der Waals surface area contributed by atoms with Gasteiger partial charge in [0.1, 0.15) is 6.04 Å². The van der Waals surface area contributed by atoms with Crippen LogP contribution in [0.4, 0.5) is 0 Å². The molecule has 4 N–H and O–H groups in total.